The Balaban J connectivity index is 2.08. The molecule has 11 nitrogen and oxygen atoms in total. The van der Waals surface area contributed by atoms with E-state index in [1.165, 1.54) is 51.5 Å². The number of hydrogen-bond acceptors (Lipinski definition) is 8. The van der Waals surface area contributed by atoms with Gasteiger partial charge in [-0.05, 0) is 30.3 Å². The number of carbonyl (C=O) groups is 2. The molecule has 0 saturated heterocycles. The molecule has 0 saturated carbocycles. The van der Waals surface area contributed by atoms with Crippen molar-refractivity contribution in [2.45, 2.75) is 4.90 Å². The third kappa shape index (κ3) is 5.69. The van der Waals surface area contributed by atoms with Gasteiger partial charge in [0.2, 0.25) is 10.0 Å². The number of nitro benzene ring substituents is 1. The number of hydrogen-bond donors (Lipinski definition) is 1. The molecule has 1 amide bonds. The number of nitrogens with zero attached hydrogens (tertiary/aromatic N) is 2. The minimum Gasteiger partial charge on any atom is -0.490 e. The number of halogens is 1. The first-order valence-electron chi connectivity index (χ1n) is 8.49. The molecule has 0 aliphatic heterocycles. The van der Waals surface area contributed by atoms with Crippen LogP contribution in [0.4, 0.5) is 11.4 Å². The van der Waals surface area contributed by atoms with Gasteiger partial charge in [-0.25, -0.2) is 17.5 Å². The number of methoxy groups -OCH3 is 1. The highest BCUT2D eigenvalue weighted by molar-refractivity contribution is 7.89. The van der Waals surface area contributed by atoms with Crippen molar-refractivity contribution in [2.75, 3.05) is 33.1 Å². The Hall–Kier alpha value is -3.22. The molecular weight excluding hydrogens is 454 g/mol. The van der Waals surface area contributed by atoms with Crippen LogP contribution in [0.1, 0.15) is 10.4 Å². The Morgan fingerprint density at radius 2 is 1.87 bits per heavy atom. The largest absolute Gasteiger partial charge is 0.490 e. The number of esters is 1. The van der Waals surface area contributed by atoms with Crippen LogP contribution in [0.3, 0.4) is 0 Å². The Morgan fingerprint density at radius 3 is 2.45 bits per heavy atom. The lowest BCUT2D eigenvalue weighted by Crippen LogP contribution is -2.23. The standard InChI is InChI=1S/C18H18ClN3O8S/c1-21(2)31(27,28)16-9-12(5-6-13(16)19)20-17(23)10-30-18(24)11-4-7-15(29-3)14(8-11)22(25)26/h4-9H,10H2,1-3H3,(H,20,23). The van der Waals surface area contributed by atoms with E-state index in [2.05, 4.69) is 5.32 Å². The monoisotopic (exact) mass is 471 g/mol. The molecule has 0 aromatic heterocycles. The van der Waals surface area contributed by atoms with Gasteiger partial charge in [-0.1, -0.05) is 11.6 Å². The summed E-state index contributed by atoms with van der Waals surface area (Å²) in [6.07, 6.45) is 0. The van der Waals surface area contributed by atoms with Crippen LogP contribution < -0.4 is 10.1 Å². The molecule has 0 heterocycles. The number of benzene rings is 2. The summed E-state index contributed by atoms with van der Waals surface area (Å²) in [5, 5.41) is 13.4. The first kappa shape index (κ1) is 24.1. The molecule has 0 bridgehead atoms. The van der Waals surface area contributed by atoms with Crippen LogP contribution in [0.5, 0.6) is 5.75 Å². The fraction of sp³-hybridized carbons (Fsp3) is 0.222. The number of carbonyl (C=O) groups excluding carboxylic acids is 2. The van der Waals surface area contributed by atoms with E-state index >= 15 is 0 Å². The number of nitrogens with one attached hydrogen (secondary N) is 1. The topological polar surface area (TPSA) is 145 Å². The van der Waals surface area contributed by atoms with Crippen molar-refractivity contribution in [3.63, 3.8) is 0 Å². The lowest BCUT2D eigenvalue weighted by Gasteiger charge is -2.14. The molecule has 0 fully saturated rings. The summed E-state index contributed by atoms with van der Waals surface area (Å²) in [7, 11) is 0.0680. The second-order valence-electron chi connectivity index (χ2n) is 6.20. The molecule has 2 aromatic rings. The SMILES string of the molecule is COc1ccc(C(=O)OCC(=O)Nc2ccc(Cl)c(S(=O)(=O)N(C)C)c2)cc1[N+](=O)[O-]. The number of nitro groups is 1. The van der Waals surface area contributed by atoms with Gasteiger partial charge in [-0.2, -0.15) is 0 Å². The highest BCUT2D eigenvalue weighted by atomic mass is 35.5. The minimum absolute atomic E-state index is 0.0285. The third-order valence-corrected chi connectivity index (χ3v) is 6.22. The van der Waals surface area contributed by atoms with Crippen molar-refractivity contribution in [3.8, 4) is 5.75 Å². The van der Waals surface area contributed by atoms with E-state index in [-0.39, 0.29) is 26.9 Å². The summed E-state index contributed by atoms with van der Waals surface area (Å²) in [5.74, 6) is -1.76. The molecule has 0 aliphatic carbocycles. The molecule has 0 spiro atoms. The van der Waals surface area contributed by atoms with Crippen LogP contribution in [-0.2, 0) is 19.6 Å². The van der Waals surface area contributed by atoms with Gasteiger partial charge < -0.3 is 14.8 Å². The molecule has 2 aromatic carbocycles. The molecule has 0 radical (unpaired) electrons. The second-order valence-corrected chi connectivity index (χ2v) is 8.73. The summed E-state index contributed by atoms with van der Waals surface area (Å²) in [5.41, 5.74) is -0.464. The maximum absolute atomic E-state index is 12.3. The minimum atomic E-state index is -3.85. The van der Waals surface area contributed by atoms with Crippen molar-refractivity contribution in [3.05, 3.63) is 57.1 Å². The second kappa shape index (κ2) is 9.73. The summed E-state index contributed by atoms with van der Waals surface area (Å²) in [6.45, 7) is -0.711. The molecule has 0 aliphatic rings. The Kier molecular flexibility index (Phi) is 7.55. The molecule has 166 valence electrons. The van der Waals surface area contributed by atoms with Crippen LogP contribution in [0.25, 0.3) is 0 Å². The van der Waals surface area contributed by atoms with Crippen LogP contribution in [-0.4, -0.2) is 57.3 Å². The van der Waals surface area contributed by atoms with Gasteiger partial charge in [0, 0.05) is 25.8 Å². The molecule has 13 heteroatoms. The Bertz CT molecular complexity index is 1130. The first-order chi connectivity index (χ1) is 14.5. The van der Waals surface area contributed by atoms with Crippen LogP contribution in [0.15, 0.2) is 41.3 Å². The predicted molar refractivity (Wildman–Crippen MR) is 111 cm³/mol. The molecule has 31 heavy (non-hydrogen) atoms. The van der Waals surface area contributed by atoms with E-state index in [1.54, 1.807) is 0 Å². The van der Waals surface area contributed by atoms with E-state index in [0.717, 1.165) is 10.4 Å². The van der Waals surface area contributed by atoms with Gasteiger partial charge in [0.25, 0.3) is 5.91 Å². The molecular formula is C18H18ClN3O8S. The molecule has 0 unspecified atom stereocenters. The highest BCUT2D eigenvalue weighted by Gasteiger charge is 2.22. The van der Waals surface area contributed by atoms with Crippen LogP contribution in [0.2, 0.25) is 5.02 Å². The van der Waals surface area contributed by atoms with Gasteiger partial charge in [-0.3, -0.25) is 14.9 Å². The summed E-state index contributed by atoms with van der Waals surface area (Å²) < 4.78 is 35.3. The zero-order valence-corrected chi connectivity index (χ0v) is 18.2. The summed E-state index contributed by atoms with van der Waals surface area (Å²) in [4.78, 5) is 34.3. The molecule has 2 rings (SSSR count). The maximum atomic E-state index is 12.3. The normalized spacial score (nSPS) is 11.1. The molecule has 0 atom stereocenters. The zero-order chi connectivity index (χ0) is 23.3. The number of ether oxygens (including phenoxy) is 2. The quantitative estimate of drug-likeness (QED) is 0.350. The lowest BCUT2D eigenvalue weighted by molar-refractivity contribution is -0.385. The summed E-state index contributed by atoms with van der Waals surface area (Å²) in [6, 6.07) is 7.30. The fourth-order valence-electron chi connectivity index (χ4n) is 2.35. The third-order valence-electron chi connectivity index (χ3n) is 3.92. The molecule has 1 N–H and O–H groups in total. The number of rotatable bonds is 8. The van der Waals surface area contributed by atoms with E-state index in [1.807, 2.05) is 0 Å². The van der Waals surface area contributed by atoms with Crippen molar-refractivity contribution in [1.82, 2.24) is 4.31 Å². The van der Waals surface area contributed by atoms with Gasteiger partial charge in [0.15, 0.2) is 12.4 Å². The van der Waals surface area contributed by atoms with Crippen molar-refractivity contribution in [2.24, 2.45) is 0 Å². The average Bonchev–Trinajstić information content (AvgIpc) is 2.72. The van der Waals surface area contributed by atoms with E-state index in [0.29, 0.717) is 0 Å². The zero-order valence-electron chi connectivity index (χ0n) is 16.6. The van der Waals surface area contributed by atoms with Crippen LogP contribution in [0, 0.1) is 10.1 Å². The average molecular weight is 472 g/mol. The van der Waals surface area contributed by atoms with E-state index in [4.69, 9.17) is 21.1 Å². The summed E-state index contributed by atoms with van der Waals surface area (Å²) >= 11 is 5.94. The Labute approximate surface area is 182 Å². The highest BCUT2D eigenvalue weighted by Crippen LogP contribution is 2.28. The van der Waals surface area contributed by atoms with Gasteiger partial charge in [-0.15, -0.1) is 0 Å². The van der Waals surface area contributed by atoms with E-state index < -0.39 is 39.1 Å². The van der Waals surface area contributed by atoms with E-state index in [9.17, 15) is 28.1 Å². The number of amides is 1. The van der Waals surface area contributed by atoms with Gasteiger partial charge >= 0.3 is 11.7 Å². The first-order valence-corrected chi connectivity index (χ1v) is 10.3. The Morgan fingerprint density at radius 1 is 1.19 bits per heavy atom. The fourth-order valence-corrected chi connectivity index (χ4v) is 3.74. The van der Waals surface area contributed by atoms with Crippen molar-refractivity contribution in [1.29, 1.82) is 0 Å². The van der Waals surface area contributed by atoms with Gasteiger partial charge in [0.1, 0.15) is 4.90 Å². The van der Waals surface area contributed by atoms with Crippen LogP contribution >= 0.6 is 11.6 Å². The number of anilines is 1. The van der Waals surface area contributed by atoms with Crippen molar-refractivity contribution >= 4 is 44.9 Å². The number of sulfonamides is 1. The maximum Gasteiger partial charge on any atom is 0.338 e. The van der Waals surface area contributed by atoms with Crippen molar-refractivity contribution < 1.29 is 32.4 Å². The van der Waals surface area contributed by atoms with Gasteiger partial charge in [0.05, 0.1) is 22.6 Å². The predicted octanol–water partition coefficient (Wildman–Crippen LogP) is 2.30. The lowest BCUT2D eigenvalue weighted by atomic mass is 10.2. The smallest absolute Gasteiger partial charge is 0.338 e.